The number of alkyl carbamates (subject to hydrolysis) is 1. The summed E-state index contributed by atoms with van der Waals surface area (Å²) in [5.41, 5.74) is 1.95. The van der Waals surface area contributed by atoms with Crippen LogP contribution in [-0.4, -0.2) is 46.6 Å². The zero-order valence-corrected chi connectivity index (χ0v) is 17.0. The smallest absolute Gasteiger partial charge is 0.407 e. The van der Waals surface area contributed by atoms with E-state index in [4.69, 9.17) is 0 Å². The van der Waals surface area contributed by atoms with Gasteiger partial charge in [0.05, 0.1) is 25.0 Å². The van der Waals surface area contributed by atoms with Crippen LogP contribution in [0.4, 0.5) is 4.79 Å². The Hall–Kier alpha value is -2.35. The molecule has 0 radical (unpaired) electrons. The Morgan fingerprint density at radius 3 is 2.78 bits per heavy atom. The second-order valence-corrected chi connectivity index (χ2v) is 7.51. The van der Waals surface area contributed by atoms with E-state index < -0.39 is 12.1 Å². The molecule has 1 aliphatic heterocycles. The Balaban J connectivity index is 1.78. The number of amides is 2. The van der Waals surface area contributed by atoms with Gasteiger partial charge in [0.25, 0.3) is 0 Å². The molecule has 1 aromatic heterocycles. The zero-order valence-electron chi connectivity index (χ0n) is 15.4. The van der Waals surface area contributed by atoms with Crippen molar-refractivity contribution in [1.82, 2.24) is 20.2 Å². The van der Waals surface area contributed by atoms with E-state index >= 15 is 0 Å². The van der Waals surface area contributed by atoms with E-state index in [2.05, 4.69) is 36.0 Å². The van der Waals surface area contributed by atoms with Gasteiger partial charge in [-0.3, -0.25) is 4.79 Å². The van der Waals surface area contributed by atoms with Crippen molar-refractivity contribution >= 4 is 27.9 Å². The number of imidazole rings is 1. The van der Waals surface area contributed by atoms with E-state index in [0.29, 0.717) is 6.54 Å². The topological polar surface area (TPSA) is 87.3 Å². The molecule has 8 heteroatoms. The van der Waals surface area contributed by atoms with Crippen molar-refractivity contribution in [3.8, 4) is 11.3 Å². The zero-order chi connectivity index (χ0) is 19.4. The van der Waals surface area contributed by atoms with Crippen molar-refractivity contribution in [1.29, 1.82) is 0 Å². The number of benzene rings is 1. The summed E-state index contributed by atoms with van der Waals surface area (Å²) in [6, 6.07) is 7.19. The minimum atomic E-state index is -0.654. The van der Waals surface area contributed by atoms with Gasteiger partial charge in [-0.15, -0.1) is 0 Å². The van der Waals surface area contributed by atoms with Crippen molar-refractivity contribution < 1.29 is 14.3 Å². The number of ether oxygens (including phenoxy) is 1. The number of nitrogens with one attached hydrogen (secondary N) is 2. The van der Waals surface area contributed by atoms with Crippen LogP contribution in [0.15, 0.2) is 34.9 Å². The number of hydrogen-bond acceptors (Lipinski definition) is 4. The molecule has 1 aromatic carbocycles. The number of halogens is 1. The van der Waals surface area contributed by atoms with Crippen LogP contribution in [-0.2, 0) is 9.53 Å². The maximum Gasteiger partial charge on any atom is 0.407 e. The lowest BCUT2D eigenvalue weighted by molar-refractivity contribution is -0.137. The lowest BCUT2D eigenvalue weighted by Gasteiger charge is -2.36. The average Bonchev–Trinajstić information content (AvgIpc) is 3.17. The molecule has 0 unspecified atom stereocenters. The van der Waals surface area contributed by atoms with Crippen LogP contribution < -0.4 is 5.32 Å². The number of aromatic nitrogens is 2. The maximum atomic E-state index is 12.9. The monoisotopic (exact) mass is 434 g/mol. The third-order valence-corrected chi connectivity index (χ3v) is 5.27. The summed E-state index contributed by atoms with van der Waals surface area (Å²) in [7, 11) is 1.28. The number of methoxy groups -OCH3 is 1. The first-order valence-corrected chi connectivity index (χ1v) is 9.74. The third kappa shape index (κ3) is 4.50. The average molecular weight is 435 g/mol. The van der Waals surface area contributed by atoms with Crippen LogP contribution in [0.1, 0.15) is 38.1 Å². The van der Waals surface area contributed by atoms with Gasteiger partial charge in [0, 0.05) is 11.0 Å². The molecule has 27 heavy (non-hydrogen) atoms. The summed E-state index contributed by atoms with van der Waals surface area (Å²) in [5.74, 6) is 0.637. The van der Waals surface area contributed by atoms with Crippen molar-refractivity contribution in [2.24, 2.45) is 0 Å². The highest BCUT2D eigenvalue weighted by molar-refractivity contribution is 9.10. The lowest BCUT2D eigenvalue weighted by Crippen LogP contribution is -2.49. The summed E-state index contributed by atoms with van der Waals surface area (Å²) >= 11 is 3.44. The first-order valence-electron chi connectivity index (χ1n) is 8.95. The molecular weight excluding hydrogens is 412 g/mol. The minimum absolute atomic E-state index is 0.127. The van der Waals surface area contributed by atoms with Gasteiger partial charge in [0.15, 0.2) is 0 Å². The molecular formula is C19H23BrN4O3. The van der Waals surface area contributed by atoms with Crippen molar-refractivity contribution in [2.45, 2.75) is 38.3 Å². The van der Waals surface area contributed by atoms with Crippen LogP contribution in [0, 0.1) is 0 Å². The van der Waals surface area contributed by atoms with E-state index in [9.17, 15) is 9.59 Å². The Labute approximate surface area is 166 Å². The first-order chi connectivity index (χ1) is 13.0. The number of hydrogen-bond donors (Lipinski definition) is 2. The normalized spacial score (nSPS) is 18.0. The van der Waals surface area contributed by atoms with E-state index in [-0.39, 0.29) is 11.9 Å². The van der Waals surface area contributed by atoms with Crippen molar-refractivity contribution in [2.75, 3.05) is 13.7 Å². The number of aromatic amines is 1. The van der Waals surface area contributed by atoms with Gasteiger partial charge in [-0.25, -0.2) is 9.78 Å². The molecule has 2 N–H and O–H groups in total. The predicted octanol–water partition coefficient (Wildman–Crippen LogP) is 3.64. The van der Waals surface area contributed by atoms with Gasteiger partial charge < -0.3 is 19.9 Å². The van der Waals surface area contributed by atoms with Crippen LogP contribution >= 0.6 is 15.9 Å². The van der Waals surface area contributed by atoms with E-state index in [1.807, 2.05) is 24.3 Å². The highest BCUT2D eigenvalue weighted by Gasteiger charge is 2.33. The Bertz CT molecular complexity index is 806. The van der Waals surface area contributed by atoms with Gasteiger partial charge in [-0.1, -0.05) is 28.1 Å². The lowest BCUT2D eigenvalue weighted by atomic mass is 10.0. The fraction of sp³-hybridized carbons (Fsp3) is 0.421. The molecule has 2 atom stereocenters. The predicted molar refractivity (Wildman–Crippen MR) is 105 cm³/mol. The molecule has 7 nitrogen and oxygen atoms in total. The molecule has 0 saturated carbocycles. The van der Waals surface area contributed by atoms with Crippen LogP contribution in [0.25, 0.3) is 11.3 Å². The van der Waals surface area contributed by atoms with Crippen molar-refractivity contribution in [3.05, 3.63) is 40.8 Å². The summed E-state index contributed by atoms with van der Waals surface area (Å²) < 4.78 is 5.60. The molecule has 1 aliphatic rings. The van der Waals surface area contributed by atoms with Gasteiger partial charge in [0.1, 0.15) is 11.9 Å². The molecule has 0 bridgehead atoms. The summed E-state index contributed by atoms with van der Waals surface area (Å²) in [5, 5.41) is 2.55. The Morgan fingerprint density at radius 1 is 1.33 bits per heavy atom. The van der Waals surface area contributed by atoms with Crippen LogP contribution in [0.2, 0.25) is 0 Å². The first kappa shape index (κ1) is 19.4. The number of piperidine rings is 1. The second-order valence-electron chi connectivity index (χ2n) is 6.59. The largest absolute Gasteiger partial charge is 0.453 e. The summed E-state index contributed by atoms with van der Waals surface area (Å²) in [6.07, 6.45) is 3.99. The fourth-order valence-electron chi connectivity index (χ4n) is 3.31. The van der Waals surface area contributed by atoms with Gasteiger partial charge in [0.2, 0.25) is 5.91 Å². The van der Waals surface area contributed by atoms with Crippen molar-refractivity contribution in [3.63, 3.8) is 0 Å². The second kappa shape index (κ2) is 8.56. The van der Waals surface area contributed by atoms with Gasteiger partial charge in [-0.05, 0) is 43.9 Å². The number of rotatable bonds is 4. The SMILES string of the molecule is COC(=O)N[C@@H](C)C(=O)N1CCCC[C@H]1c1ncc(-c2ccc(Br)cc2)[nH]1. The molecule has 0 spiro atoms. The summed E-state index contributed by atoms with van der Waals surface area (Å²) in [6.45, 7) is 2.31. The maximum absolute atomic E-state index is 12.9. The third-order valence-electron chi connectivity index (χ3n) is 4.74. The molecule has 1 saturated heterocycles. The minimum Gasteiger partial charge on any atom is -0.453 e. The number of carbonyl (C=O) groups excluding carboxylic acids is 2. The molecule has 3 rings (SSSR count). The van der Waals surface area contributed by atoms with Crippen LogP contribution in [0.3, 0.4) is 0 Å². The van der Waals surface area contributed by atoms with E-state index in [1.54, 1.807) is 18.0 Å². The number of carbonyl (C=O) groups is 2. The molecule has 0 aliphatic carbocycles. The quantitative estimate of drug-likeness (QED) is 0.768. The van der Waals surface area contributed by atoms with Crippen LogP contribution in [0.5, 0.6) is 0 Å². The molecule has 1 fully saturated rings. The number of nitrogens with zero attached hydrogens (tertiary/aromatic N) is 2. The number of likely N-dealkylation sites (tertiary alicyclic amines) is 1. The summed E-state index contributed by atoms with van der Waals surface area (Å²) in [4.78, 5) is 34.0. The molecule has 2 aromatic rings. The molecule has 2 amide bonds. The van der Waals surface area contributed by atoms with Gasteiger partial charge >= 0.3 is 6.09 Å². The molecule has 2 heterocycles. The number of H-pyrrole nitrogens is 1. The standard InChI is InChI=1S/C19H23BrN4O3/c1-12(22-19(26)27-2)18(25)24-10-4-3-5-16(24)17-21-11-15(23-17)13-6-8-14(20)9-7-13/h6-9,11-12,16H,3-5,10H2,1-2H3,(H,21,23)(H,22,26)/t12-,16-/m0/s1. The molecule has 144 valence electrons. The highest BCUT2D eigenvalue weighted by atomic mass is 79.9. The Morgan fingerprint density at radius 2 is 2.07 bits per heavy atom. The fourth-order valence-corrected chi connectivity index (χ4v) is 3.57. The van der Waals surface area contributed by atoms with E-state index in [0.717, 1.165) is 40.8 Å². The highest BCUT2D eigenvalue weighted by Crippen LogP contribution is 2.31. The Kier molecular flexibility index (Phi) is 6.15. The van der Waals surface area contributed by atoms with Gasteiger partial charge in [-0.2, -0.15) is 0 Å². The van der Waals surface area contributed by atoms with E-state index in [1.165, 1.54) is 7.11 Å².